The molecule has 0 radical (unpaired) electrons. The maximum absolute atomic E-state index is 14.8. The molecule has 4 N–H and O–H groups in total. The van der Waals surface area contributed by atoms with E-state index in [-0.39, 0.29) is 22.7 Å². The molecule has 1 aliphatic heterocycles. The number of rotatable bonds is 6. The molecule has 0 bridgehead atoms. The van der Waals surface area contributed by atoms with Gasteiger partial charge in [0.1, 0.15) is 22.8 Å². The number of pyridine rings is 1. The van der Waals surface area contributed by atoms with E-state index < -0.39 is 15.9 Å². The summed E-state index contributed by atoms with van der Waals surface area (Å²) in [7, 11) is -3.75. The number of sulfonamides is 1. The third-order valence-electron chi connectivity index (χ3n) is 8.67. The van der Waals surface area contributed by atoms with Gasteiger partial charge in [-0.1, -0.05) is 30.3 Å². The van der Waals surface area contributed by atoms with Crippen molar-refractivity contribution in [3.05, 3.63) is 77.9 Å². The maximum Gasteiger partial charge on any atom is 0.266 e. The smallest absolute Gasteiger partial charge is 0.266 e. The van der Waals surface area contributed by atoms with E-state index in [1.807, 2.05) is 16.9 Å². The fourth-order valence-corrected chi connectivity index (χ4v) is 7.20. The van der Waals surface area contributed by atoms with Gasteiger partial charge in [0.05, 0.1) is 23.5 Å². The van der Waals surface area contributed by atoms with Crippen LogP contribution in [-0.4, -0.2) is 65.4 Å². The van der Waals surface area contributed by atoms with E-state index in [2.05, 4.69) is 20.1 Å². The molecule has 0 spiro atoms. The van der Waals surface area contributed by atoms with Crippen molar-refractivity contribution in [2.24, 2.45) is 17.6 Å². The Bertz CT molecular complexity index is 2000. The van der Waals surface area contributed by atoms with Crippen LogP contribution in [0.15, 0.2) is 60.9 Å². The highest BCUT2D eigenvalue weighted by atomic mass is 32.2. The van der Waals surface area contributed by atoms with Gasteiger partial charge in [-0.15, -0.1) is 0 Å². The fourth-order valence-electron chi connectivity index (χ4n) is 6.75. The van der Waals surface area contributed by atoms with Crippen LogP contribution in [-0.2, 0) is 15.4 Å². The number of hydrogen-bond donors (Lipinski definition) is 3. The number of aromatic nitrogens is 5. The van der Waals surface area contributed by atoms with Gasteiger partial charge in [0.25, 0.3) is 5.91 Å². The number of benzene rings is 2. The standard InChI is InChI=1S/C29H27FN8O3S/c1-42(40,41)37-28(39)18-9-8-17(16-5-4-11-32-24(16)18)25-26-27(36-35-25)34-23(13-33-26)38-12-10-19-21(14-38)29(19,15-31)20-6-2-3-7-22(20)30/h2-9,11,13,19,21H,10,12,14-15,31H2,1H3,(H,37,39)(H,34,35,36)/t19-,21+,29-/m1/s1. The van der Waals surface area contributed by atoms with Crippen molar-refractivity contribution >= 4 is 43.8 Å². The molecule has 42 heavy (non-hydrogen) atoms. The maximum atomic E-state index is 14.8. The van der Waals surface area contributed by atoms with Crippen LogP contribution >= 0.6 is 0 Å². The lowest BCUT2D eigenvalue weighted by molar-refractivity contribution is 0.0983. The lowest BCUT2D eigenvalue weighted by Crippen LogP contribution is -2.32. The molecule has 1 saturated heterocycles. The summed E-state index contributed by atoms with van der Waals surface area (Å²) < 4.78 is 40.0. The number of nitrogens with zero attached hydrogens (tertiary/aromatic N) is 5. The van der Waals surface area contributed by atoms with Crippen molar-refractivity contribution in [3.63, 3.8) is 0 Å². The van der Waals surface area contributed by atoms with Crippen LogP contribution in [0.3, 0.4) is 0 Å². The van der Waals surface area contributed by atoms with Gasteiger partial charge >= 0.3 is 0 Å². The van der Waals surface area contributed by atoms with Gasteiger partial charge in [-0.25, -0.2) is 27.5 Å². The van der Waals surface area contributed by atoms with E-state index in [0.29, 0.717) is 63.7 Å². The van der Waals surface area contributed by atoms with E-state index >= 15 is 0 Å². The van der Waals surface area contributed by atoms with Gasteiger partial charge in [-0.05, 0) is 42.0 Å². The molecule has 3 atom stereocenters. The molecule has 5 aromatic rings. The summed E-state index contributed by atoms with van der Waals surface area (Å²) in [6.45, 7) is 1.85. The molecule has 3 aromatic heterocycles. The van der Waals surface area contributed by atoms with Crippen molar-refractivity contribution in [2.75, 3.05) is 30.8 Å². The highest BCUT2D eigenvalue weighted by molar-refractivity contribution is 7.89. The summed E-state index contributed by atoms with van der Waals surface area (Å²) in [5.41, 5.74) is 9.29. The Morgan fingerprint density at radius 2 is 1.98 bits per heavy atom. The minimum absolute atomic E-state index is 0.125. The Balaban J connectivity index is 1.20. The number of fused-ring (bicyclic) bond motifs is 3. The molecule has 2 fully saturated rings. The lowest BCUT2D eigenvalue weighted by Gasteiger charge is -2.26. The van der Waals surface area contributed by atoms with Gasteiger partial charge in [-0.2, -0.15) is 5.10 Å². The topological polar surface area (TPSA) is 160 Å². The second-order valence-electron chi connectivity index (χ2n) is 10.9. The van der Waals surface area contributed by atoms with Crippen LogP contribution in [0.5, 0.6) is 0 Å². The molecular weight excluding hydrogens is 559 g/mol. The van der Waals surface area contributed by atoms with Crippen LogP contribution in [0.4, 0.5) is 10.2 Å². The molecule has 214 valence electrons. The first-order valence-electron chi connectivity index (χ1n) is 13.5. The number of carbonyl (C=O) groups excluding carboxylic acids is 1. The van der Waals surface area contributed by atoms with E-state index in [0.717, 1.165) is 19.2 Å². The first-order valence-corrected chi connectivity index (χ1v) is 15.4. The largest absolute Gasteiger partial charge is 0.355 e. The monoisotopic (exact) mass is 586 g/mol. The molecule has 7 rings (SSSR count). The summed E-state index contributed by atoms with van der Waals surface area (Å²) in [6, 6.07) is 13.7. The van der Waals surface area contributed by atoms with Gasteiger partial charge in [0.15, 0.2) is 5.65 Å². The number of halogens is 1. The number of nitrogens with two attached hydrogens (primary N) is 1. The molecule has 1 saturated carbocycles. The first-order chi connectivity index (χ1) is 20.2. The summed E-state index contributed by atoms with van der Waals surface area (Å²) in [5.74, 6) is 0.275. The predicted octanol–water partition coefficient (Wildman–Crippen LogP) is 2.75. The summed E-state index contributed by atoms with van der Waals surface area (Å²) in [6.07, 6.45) is 5.04. The molecule has 1 amide bonds. The zero-order valence-corrected chi connectivity index (χ0v) is 23.4. The highest BCUT2D eigenvalue weighted by Crippen LogP contribution is 2.63. The Kier molecular flexibility index (Phi) is 5.99. The average molecular weight is 587 g/mol. The van der Waals surface area contributed by atoms with Crippen molar-refractivity contribution in [1.29, 1.82) is 0 Å². The van der Waals surface area contributed by atoms with E-state index in [9.17, 15) is 17.6 Å². The third kappa shape index (κ3) is 4.10. The number of aromatic amines is 1. The number of amides is 1. The zero-order valence-electron chi connectivity index (χ0n) is 22.6. The molecular formula is C29H27FN8O3S. The number of carbonyl (C=O) groups is 1. The van der Waals surface area contributed by atoms with Crippen molar-refractivity contribution in [2.45, 2.75) is 11.8 Å². The van der Waals surface area contributed by atoms with Gasteiger partial charge < -0.3 is 10.6 Å². The van der Waals surface area contributed by atoms with Gasteiger partial charge in [-0.3, -0.25) is 14.9 Å². The Hall–Kier alpha value is -4.49. The number of hydrogen-bond acceptors (Lipinski definition) is 9. The second kappa shape index (κ2) is 9.53. The minimum Gasteiger partial charge on any atom is -0.355 e. The highest BCUT2D eigenvalue weighted by Gasteiger charge is 2.66. The van der Waals surface area contributed by atoms with Crippen LogP contribution < -0.4 is 15.4 Å². The predicted molar refractivity (Wildman–Crippen MR) is 156 cm³/mol. The van der Waals surface area contributed by atoms with E-state index in [1.165, 1.54) is 18.3 Å². The van der Waals surface area contributed by atoms with Crippen molar-refractivity contribution in [3.8, 4) is 11.3 Å². The first kappa shape index (κ1) is 26.4. The molecule has 13 heteroatoms. The lowest BCUT2D eigenvalue weighted by atomic mass is 9.91. The molecule has 2 aliphatic rings. The fraction of sp³-hybridized carbons (Fsp3) is 0.276. The Morgan fingerprint density at radius 1 is 1.14 bits per heavy atom. The summed E-state index contributed by atoms with van der Waals surface area (Å²) in [5, 5.41) is 8.09. The second-order valence-corrected chi connectivity index (χ2v) is 12.7. The third-order valence-corrected chi connectivity index (χ3v) is 9.23. The summed E-state index contributed by atoms with van der Waals surface area (Å²) >= 11 is 0. The van der Waals surface area contributed by atoms with E-state index in [1.54, 1.807) is 30.5 Å². The van der Waals surface area contributed by atoms with E-state index in [4.69, 9.17) is 15.7 Å². The minimum atomic E-state index is -3.75. The summed E-state index contributed by atoms with van der Waals surface area (Å²) in [4.78, 5) is 28.7. The van der Waals surface area contributed by atoms with Gasteiger partial charge in [0.2, 0.25) is 10.0 Å². The van der Waals surface area contributed by atoms with Crippen molar-refractivity contribution < 1.29 is 17.6 Å². The normalized spacial score (nSPS) is 21.8. The molecule has 11 nitrogen and oxygen atoms in total. The van der Waals surface area contributed by atoms with Crippen LogP contribution in [0, 0.1) is 17.7 Å². The molecule has 0 unspecified atom stereocenters. The molecule has 4 heterocycles. The average Bonchev–Trinajstić information content (AvgIpc) is 3.44. The van der Waals surface area contributed by atoms with Crippen molar-refractivity contribution in [1.82, 2.24) is 29.9 Å². The Morgan fingerprint density at radius 3 is 2.76 bits per heavy atom. The quantitative estimate of drug-likeness (QED) is 0.272. The molecule has 1 aliphatic carbocycles. The molecule has 2 aromatic carbocycles. The van der Waals surface area contributed by atoms with Crippen LogP contribution in [0.1, 0.15) is 22.3 Å². The number of piperidine rings is 1. The van der Waals surface area contributed by atoms with Crippen LogP contribution in [0.2, 0.25) is 0 Å². The number of anilines is 1. The van der Waals surface area contributed by atoms with Crippen LogP contribution in [0.25, 0.3) is 33.3 Å². The Labute approximate surface area is 240 Å². The SMILES string of the molecule is CS(=O)(=O)NC(=O)c1ccc(-c2n[nH]c3nc(N4CC[C@@H]5[C@H](C4)[C@@]5(CN)c4ccccc4F)cnc23)c2cccnc12. The number of H-pyrrole nitrogens is 1. The number of nitrogens with one attached hydrogen (secondary N) is 2. The zero-order chi connectivity index (χ0) is 29.2. The van der Waals surface area contributed by atoms with Gasteiger partial charge in [0, 0.05) is 42.2 Å².